The number of hydrogen-bond acceptors (Lipinski definition) is 5. The Hall–Kier alpha value is -3.08. The van der Waals surface area contributed by atoms with Crippen molar-refractivity contribution in [3.8, 4) is 11.5 Å². The van der Waals surface area contributed by atoms with Crippen LogP contribution in [-0.4, -0.2) is 32.1 Å². The molecule has 0 aliphatic carbocycles. The molecule has 0 bridgehead atoms. The molecule has 2 aromatic carbocycles. The Labute approximate surface area is 146 Å². The van der Waals surface area contributed by atoms with Crippen molar-refractivity contribution in [2.24, 2.45) is 0 Å². The second kappa shape index (κ2) is 8.68. The van der Waals surface area contributed by atoms with Gasteiger partial charge in [-0.3, -0.25) is 4.79 Å². The van der Waals surface area contributed by atoms with E-state index >= 15 is 0 Å². The van der Waals surface area contributed by atoms with Gasteiger partial charge in [-0.1, -0.05) is 36.4 Å². The predicted molar refractivity (Wildman–Crippen MR) is 94.9 cm³/mol. The summed E-state index contributed by atoms with van der Waals surface area (Å²) in [6.45, 7) is 1.55. The third-order valence-corrected chi connectivity index (χ3v) is 3.54. The highest BCUT2D eigenvalue weighted by Gasteiger charge is 2.18. The number of Topliss-reactive ketones (excluding diaryl/α,β-unsaturated/α-hetero) is 1. The fourth-order valence-corrected chi connectivity index (χ4v) is 2.22. The van der Waals surface area contributed by atoms with Crippen molar-refractivity contribution in [2.45, 2.75) is 13.0 Å². The van der Waals surface area contributed by atoms with E-state index in [0.717, 1.165) is 5.56 Å². The molecular weight excluding hydrogens is 320 g/mol. The van der Waals surface area contributed by atoms with Gasteiger partial charge in [0.05, 0.1) is 14.2 Å². The summed E-state index contributed by atoms with van der Waals surface area (Å²) >= 11 is 0. The number of ketones is 1. The van der Waals surface area contributed by atoms with Crippen molar-refractivity contribution in [2.75, 3.05) is 14.2 Å². The fraction of sp³-hybridized carbons (Fsp3) is 0.200. The molecule has 2 rings (SSSR count). The Balaban J connectivity index is 2.00. The van der Waals surface area contributed by atoms with Gasteiger partial charge in [0.25, 0.3) is 0 Å². The van der Waals surface area contributed by atoms with Crippen molar-refractivity contribution in [1.82, 2.24) is 0 Å². The monoisotopic (exact) mass is 340 g/mol. The van der Waals surface area contributed by atoms with Crippen molar-refractivity contribution in [3.05, 3.63) is 65.7 Å². The Morgan fingerprint density at radius 1 is 0.960 bits per heavy atom. The number of hydrogen-bond donors (Lipinski definition) is 0. The molecule has 0 saturated carbocycles. The average molecular weight is 340 g/mol. The van der Waals surface area contributed by atoms with Crippen LogP contribution in [0, 0.1) is 0 Å². The molecule has 5 nitrogen and oxygen atoms in total. The maximum atomic E-state index is 12.2. The Kier molecular flexibility index (Phi) is 6.34. The van der Waals surface area contributed by atoms with Crippen LogP contribution >= 0.6 is 0 Å². The highest BCUT2D eigenvalue weighted by Crippen LogP contribution is 2.27. The Morgan fingerprint density at radius 3 is 2.28 bits per heavy atom. The van der Waals surface area contributed by atoms with E-state index in [0.29, 0.717) is 17.1 Å². The Morgan fingerprint density at radius 2 is 1.64 bits per heavy atom. The summed E-state index contributed by atoms with van der Waals surface area (Å²) in [5.41, 5.74) is 1.25. The minimum atomic E-state index is -0.857. The molecule has 5 heteroatoms. The number of carbonyl (C=O) groups excluding carboxylic acids is 2. The number of benzene rings is 2. The van der Waals surface area contributed by atoms with Gasteiger partial charge in [-0.15, -0.1) is 0 Å². The molecule has 0 aliphatic heterocycles. The molecule has 25 heavy (non-hydrogen) atoms. The lowest BCUT2D eigenvalue weighted by Gasteiger charge is -2.10. The minimum Gasteiger partial charge on any atom is -0.493 e. The first kappa shape index (κ1) is 18.3. The molecular formula is C20H20O5. The van der Waals surface area contributed by atoms with Gasteiger partial charge >= 0.3 is 5.97 Å². The maximum absolute atomic E-state index is 12.2. The highest BCUT2D eigenvalue weighted by molar-refractivity contribution is 6.01. The van der Waals surface area contributed by atoms with Crippen molar-refractivity contribution >= 4 is 17.8 Å². The van der Waals surface area contributed by atoms with Crippen molar-refractivity contribution in [1.29, 1.82) is 0 Å². The number of ether oxygens (including phenoxy) is 3. The first-order chi connectivity index (χ1) is 12.0. The van der Waals surface area contributed by atoms with Crippen LogP contribution in [0.2, 0.25) is 0 Å². The number of rotatable bonds is 7. The van der Waals surface area contributed by atoms with E-state index in [1.165, 1.54) is 13.2 Å². The molecule has 0 amide bonds. The fourth-order valence-electron chi connectivity index (χ4n) is 2.22. The molecule has 0 spiro atoms. The Bertz CT molecular complexity index is 765. The van der Waals surface area contributed by atoms with Crippen molar-refractivity contribution < 1.29 is 23.8 Å². The lowest BCUT2D eigenvalue weighted by Crippen LogP contribution is -2.23. The van der Waals surface area contributed by atoms with E-state index in [2.05, 4.69) is 0 Å². The second-order valence-electron chi connectivity index (χ2n) is 5.26. The van der Waals surface area contributed by atoms with Gasteiger partial charge in [-0.2, -0.15) is 0 Å². The van der Waals surface area contributed by atoms with Crippen LogP contribution in [0.1, 0.15) is 22.8 Å². The zero-order valence-electron chi connectivity index (χ0n) is 14.4. The van der Waals surface area contributed by atoms with E-state index in [-0.39, 0.29) is 5.78 Å². The van der Waals surface area contributed by atoms with Crippen LogP contribution in [0.5, 0.6) is 11.5 Å². The summed E-state index contributed by atoms with van der Waals surface area (Å²) in [7, 11) is 3.09. The minimum absolute atomic E-state index is 0.242. The average Bonchev–Trinajstić information content (AvgIpc) is 2.66. The van der Waals surface area contributed by atoms with Gasteiger partial charge < -0.3 is 14.2 Å². The van der Waals surface area contributed by atoms with Crippen LogP contribution in [-0.2, 0) is 9.53 Å². The molecule has 130 valence electrons. The number of esters is 1. The van der Waals surface area contributed by atoms with Gasteiger partial charge in [0, 0.05) is 11.6 Å². The zero-order chi connectivity index (χ0) is 18.2. The van der Waals surface area contributed by atoms with Crippen LogP contribution in [0.25, 0.3) is 6.08 Å². The van der Waals surface area contributed by atoms with Crippen LogP contribution in [0.3, 0.4) is 0 Å². The normalized spacial score (nSPS) is 11.8. The molecule has 0 radical (unpaired) electrons. The molecule has 0 aromatic heterocycles. The molecule has 1 unspecified atom stereocenters. The third-order valence-electron chi connectivity index (χ3n) is 3.54. The van der Waals surface area contributed by atoms with Gasteiger partial charge in [0.2, 0.25) is 5.78 Å². The molecule has 0 saturated heterocycles. The van der Waals surface area contributed by atoms with Crippen LogP contribution < -0.4 is 9.47 Å². The number of methoxy groups -OCH3 is 2. The SMILES string of the molecule is COc1ccc(C=CC(=O)OC(C)C(=O)c2ccccc2)cc1OC. The topological polar surface area (TPSA) is 61.8 Å². The first-order valence-electron chi connectivity index (χ1n) is 7.75. The molecule has 0 N–H and O–H groups in total. The molecule has 0 heterocycles. The lowest BCUT2D eigenvalue weighted by molar-refractivity contribution is -0.140. The van der Waals surface area contributed by atoms with E-state index in [1.54, 1.807) is 62.6 Å². The quantitative estimate of drug-likeness (QED) is 0.438. The summed E-state index contributed by atoms with van der Waals surface area (Å²) in [5.74, 6) is 0.329. The summed E-state index contributed by atoms with van der Waals surface area (Å²) < 4.78 is 15.5. The van der Waals surface area contributed by atoms with Gasteiger partial charge in [-0.05, 0) is 30.7 Å². The lowest BCUT2D eigenvalue weighted by atomic mass is 10.1. The van der Waals surface area contributed by atoms with E-state index < -0.39 is 12.1 Å². The first-order valence-corrected chi connectivity index (χ1v) is 7.75. The standard InChI is InChI=1S/C20H20O5/c1-14(20(22)16-7-5-4-6-8-16)25-19(21)12-10-15-9-11-17(23-2)18(13-15)24-3/h4-14H,1-3H3. The van der Waals surface area contributed by atoms with Crippen LogP contribution in [0.4, 0.5) is 0 Å². The predicted octanol–water partition coefficient (Wildman–Crippen LogP) is 3.53. The smallest absolute Gasteiger partial charge is 0.331 e. The highest BCUT2D eigenvalue weighted by atomic mass is 16.5. The van der Waals surface area contributed by atoms with Gasteiger partial charge in [-0.25, -0.2) is 4.79 Å². The van der Waals surface area contributed by atoms with Crippen LogP contribution in [0.15, 0.2) is 54.6 Å². The second-order valence-corrected chi connectivity index (χ2v) is 5.26. The maximum Gasteiger partial charge on any atom is 0.331 e. The summed E-state index contributed by atoms with van der Waals surface area (Å²) in [6.07, 6.45) is 2.00. The molecule has 2 aromatic rings. The molecule has 0 fully saturated rings. The zero-order valence-corrected chi connectivity index (χ0v) is 14.4. The third kappa shape index (κ3) is 4.94. The summed E-state index contributed by atoms with van der Waals surface area (Å²) in [5, 5.41) is 0. The van der Waals surface area contributed by atoms with E-state index in [4.69, 9.17) is 14.2 Å². The van der Waals surface area contributed by atoms with Gasteiger partial charge in [0.15, 0.2) is 17.6 Å². The van der Waals surface area contributed by atoms with E-state index in [1.807, 2.05) is 6.07 Å². The van der Waals surface area contributed by atoms with Crippen molar-refractivity contribution in [3.63, 3.8) is 0 Å². The molecule has 1 atom stereocenters. The van der Waals surface area contributed by atoms with Gasteiger partial charge in [0.1, 0.15) is 0 Å². The largest absolute Gasteiger partial charge is 0.493 e. The number of carbonyl (C=O) groups is 2. The summed E-state index contributed by atoms with van der Waals surface area (Å²) in [6, 6.07) is 14.0. The summed E-state index contributed by atoms with van der Waals surface area (Å²) in [4.78, 5) is 24.1. The molecule has 0 aliphatic rings. The van der Waals surface area contributed by atoms with E-state index in [9.17, 15) is 9.59 Å².